The van der Waals surface area contributed by atoms with Crippen LogP contribution >= 0.6 is 24.0 Å². The molecule has 0 aromatic heterocycles. The molecule has 8 heteroatoms. The van der Waals surface area contributed by atoms with E-state index in [1.807, 2.05) is 19.1 Å². The summed E-state index contributed by atoms with van der Waals surface area (Å²) in [5, 5.41) is 6.81. The van der Waals surface area contributed by atoms with Crippen LogP contribution in [-0.2, 0) is 16.4 Å². The summed E-state index contributed by atoms with van der Waals surface area (Å²) in [5.41, 5.74) is 1.81. The summed E-state index contributed by atoms with van der Waals surface area (Å²) in [7, 11) is -1.41. The van der Waals surface area contributed by atoms with Gasteiger partial charge >= 0.3 is 0 Å². The van der Waals surface area contributed by atoms with Crippen molar-refractivity contribution in [1.29, 1.82) is 0 Å². The molecular formula is C21H37IN4O2S. The van der Waals surface area contributed by atoms with E-state index in [0.29, 0.717) is 23.4 Å². The number of hydrogen-bond acceptors (Lipinski definition) is 4. The van der Waals surface area contributed by atoms with Crippen LogP contribution in [0, 0.1) is 12.8 Å². The molecule has 1 fully saturated rings. The maximum Gasteiger partial charge on any atom is 0.191 e. The normalized spacial score (nSPS) is 16.6. The molecule has 2 N–H and O–H groups in total. The van der Waals surface area contributed by atoms with Crippen LogP contribution in [0.15, 0.2) is 28.1 Å². The molecule has 1 aliphatic rings. The molecule has 0 radical (unpaired) electrons. The first-order chi connectivity index (χ1) is 13.2. The number of aliphatic imine (C=N–C) groups is 1. The number of halogens is 1. The minimum absolute atomic E-state index is 0. The molecule has 0 aliphatic carbocycles. The molecule has 6 nitrogen and oxygen atoms in total. The van der Waals surface area contributed by atoms with E-state index < -0.39 is 9.84 Å². The highest BCUT2D eigenvalue weighted by Gasteiger charge is 2.22. The number of likely N-dealkylation sites (tertiary alicyclic amines) is 1. The average molecular weight is 537 g/mol. The highest BCUT2D eigenvalue weighted by atomic mass is 127. The second-order valence-electron chi connectivity index (χ2n) is 8.21. The number of nitrogens with one attached hydrogen (secondary N) is 2. The van der Waals surface area contributed by atoms with Crippen molar-refractivity contribution in [2.75, 3.05) is 32.9 Å². The number of hydrogen-bond donors (Lipinski definition) is 2. The third-order valence-corrected chi connectivity index (χ3v) is 6.49. The van der Waals surface area contributed by atoms with Gasteiger partial charge in [0.25, 0.3) is 0 Å². The SMILES string of the molecule is CN=C(NCc1ccc(S(C)(=O)=O)c(C)c1)NCC(CC(C)C)N1CCCC1.I. The van der Waals surface area contributed by atoms with Gasteiger partial charge in [-0.25, -0.2) is 8.42 Å². The minimum Gasteiger partial charge on any atom is -0.355 e. The third kappa shape index (κ3) is 8.41. The van der Waals surface area contributed by atoms with Crippen LogP contribution in [0.5, 0.6) is 0 Å². The zero-order valence-corrected chi connectivity index (χ0v) is 21.5. The topological polar surface area (TPSA) is 73.8 Å². The Morgan fingerprint density at radius 1 is 1.21 bits per heavy atom. The standard InChI is InChI=1S/C21H36N4O2S.HI/c1-16(2)12-19(25-10-6-7-11-25)15-24-21(22-4)23-14-18-8-9-20(17(3)13-18)28(5,26)27;/h8-9,13,16,19H,6-7,10-12,14-15H2,1-5H3,(H2,22,23,24);1H. The molecule has 1 aromatic carbocycles. The molecule has 1 aromatic rings. The Bertz CT molecular complexity index is 775. The molecule has 0 spiro atoms. The average Bonchev–Trinajstić information content (AvgIpc) is 3.14. The third-order valence-electron chi connectivity index (χ3n) is 5.23. The fraction of sp³-hybridized carbons (Fsp3) is 0.667. The van der Waals surface area contributed by atoms with Crippen molar-refractivity contribution in [1.82, 2.24) is 15.5 Å². The summed E-state index contributed by atoms with van der Waals surface area (Å²) in [6.45, 7) is 10.2. The van der Waals surface area contributed by atoms with E-state index >= 15 is 0 Å². The summed E-state index contributed by atoms with van der Waals surface area (Å²) in [5.74, 6) is 1.44. The first kappa shape index (κ1) is 26.2. The molecule has 0 amide bonds. The second kappa shape index (κ2) is 12.1. The van der Waals surface area contributed by atoms with E-state index in [0.717, 1.165) is 23.6 Å². The Hall–Kier alpha value is -0.870. The lowest BCUT2D eigenvalue weighted by Gasteiger charge is -2.29. The van der Waals surface area contributed by atoms with Crippen LogP contribution in [0.25, 0.3) is 0 Å². The van der Waals surface area contributed by atoms with Crippen LogP contribution < -0.4 is 10.6 Å². The lowest BCUT2D eigenvalue weighted by molar-refractivity contribution is 0.213. The molecule has 0 bridgehead atoms. The Balaban J connectivity index is 0.00000420. The van der Waals surface area contributed by atoms with Gasteiger partial charge in [0.15, 0.2) is 15.8 Å². The van der Waals surface area contributed by atoms with E-state index in [9.17, 15) is 8.42 Å². The molecule has 1 heterocycles. The molecule has 29 heavy (non-hydrogen) atoms. The second-order valence-corrected chi connectivity index (χ2v) is 10.2. The predicted molar refractivity (Wildman–Crippen MR) is 132 cm³/mol. The largest absolute Gasteiger partial charge is 0.355 e. The molecule has 1 saturated heterocycles. The number of aryl methyl sites for hydroxylation is 1. The Morgan fingerprint density at radius 2 is 1.86 bits per heavy atom. The van der Waals surface area contributed by atoms with Gasteiger partial charge in [0.05, 0.1) is 4.90 Å². The summed E-state index contributed by atoms with van der Waals surface area (Å²) in [6, 6.07) is 5.99. The van der Waals surface area contributed by atoms with Gasteiger partial charge in [0.2, 0.25) is 0 Å². The lowest BCUT2D eigenvalue weighted by Crippen LogP contribution is -2.46. The lowest BCUT2D eigenvalue weighted by atomic mass is 10.0. The predicted octanol–water partition coefficient (Wildman–Crippen LogP) is 3.19. The van der Waals surface area contributed by atoms with E-state index in [1.54, 1.807) is 13.1 Å². The van der Waals surface area contributed by atoms with Gasteiger partial charge < -0.3 is 10.6 Å². The molecule has 0 saturated carbocycles. The smallest absolute Gasteiger partial charge is 0.191 e. The number of nitrogens with zero attached hydrogens (tertiary/aromatic N) is 2. The number of benzene rings is 1. The number of sulfone groups is 1. The van der Waals surface area contributed by atoms with Gasteiger partial charge in [0, 0.05) is 32.4 Å². The van der Waals surface area contributed by atoms with Crippen LogP contribution in [0.3, 0.4) is 0 Å². The Kier molecular flexibility index (Phi) is 10.9. The Labute approximate surface area is 193 Å². The first-order valence-electron chi connectivity index (χ1n) is 10.2. The van der Waals surface area contributed by atoms with Crippen LogP contribution in [0.1, 0.15) is 44.2 Å². The Morgan fingerprint density at radius 3 is 2.38 bits per heavy atom. The van der Waals surface area contributed by atoms with Crippen molar-refractivity contribution in [2.24, 2.45) is 10.9 Å². The maximum absolute atomic E-state index is 11.8. The minimum atomic E-state index is -3.18. The van der Waals surface area contributed by atoms with Crippen molar-refractivity contribution in [3.63, 3.8) is 0 Å². The van der Waals surface area contributed by atoms with E-state index in [-0.39, 0.29) is 24.0 Å². The fourth-order valence-electron chi connectivity index (χ4n) is 3.87. The van der Waals surface area contributed by atoms with E-state index in [2.05, 4.69) is 34.4 Å². The number of rotatable bonds is 8. The van der Waals surface area contributed by atoms with Crippen molar-refractivity contribution in [2.45, 2.75) is 57.5 Å². The van der Waals surface area contributed by atoms with Crippen molar-refractivity contribution >= 4 is 39.8 Å². The van der Waals surface area contributed by atoms with Gasteiger partial charge in [-0.3, -0.25) is 9.89 Å². The highest BCUT2D eigenvalue weighted by molar-refractivity contribution is 14.0. The van der Waals surface area contributed by atoms with E-state index in [1.165, 1.54) is 38.6 Å². The van der Waals surface area contributed by atoms with Gasteiger partial charge in [0.1, 0.15) is 0 Å². The fourth-order valence-corrected chi connectivity index (χ4v) is 4.83. The monoisotopic (exact) mass is 536 g/mol. The van der Waals surface area contributed by atoms with Crippen molar-refractivity contribution in [3.05, 3.63) is 29.3 Å². The van der Waals surface area contributed by atoms with Crippen LogP contribution in [0.2, 0.25) is 0 Å². The van der Waals surface area contributed by atoms with Gasteiger partial charge in [-0.05, 0) is 62.4 Å². The molecule has 1 unspecified atom stereocenters. The van der Waals surface area contributed by atoms with Gasteiger partial charge in [-0.15, -0.1) is 24.0 Å². The van der Waals surface area contributed by atoms with Crippen molar-refractivity contribution < 1.29 is 8.42 Å². The summed E-state index contributed by atoms with van der Waals surface area (Å²) < 4.78 is 23.5. The van der Waals surface area contributed by atoms with Crippen LogP contribution in [0.4, 0.5) is 0 Å². The van der Waals surface area contributed by atoms with Gasteiger partial charge in [-0.1, -0.05) is 26.0 Å². The molecule has 1 aliphatic heterocycles. The summed E-state index contributed by atoms with van der Waals surface area (Å²) >= 11 is 0. The summed E-state index contributed by atoms with van der Waals surface area (Å²) in [6.07, 6.45) is 5.01. The molecule has 2 rings (SSSR count). The first-order valence-corrected chi connectivity index (χ1v) is 12.1. The molecular weight excluding hydrogens is 499 g/mol. The summed E-state index contributed by atoms with van der Waals surface area (Å²) in [4.78, 5) is 7.32. The van der Waals surface area contributed by atoms with Crippen LogP contribution in [-0.4, -0.2) is 58.3 Å². The quantitative estimate of drug-likeness (QED) is 0.304. The highest BCUT2D eigenvalue weighted by Crippen LogP contribution is 2.18. The molecule has 1 atom stereocenters. The number of guanidine groups is 1. The van der Waals surface area contributed by atoms with E-state index in [4.69, 9.17) is 0 Å². The van der Waals surface area contributed by atoms with Gasteiger partial charge in [-0.2, -0.15) is 0 Å². The molecule has 166 valence electrons. The van der Waals surface area contributed by atoms with Crippen molar-refractivity contribution in [3.8, 4) is 0 Å². The maximum atomic E-state index is 11.8. The zero-order chi connectivity index (χ0) is 20.7. The zero-order valence-electron chi connectivity index (χ0n) is 18.4.